The van der Waals surface area contributed by atoms with E-state index in [0.29, 0.717) is 5.41 Å². The Morgan fingerprint density at radius 1 is 0.808 bits per heavy atom. The van der Waals surface area contributed by atoms with Gasteiger partial charge in [-0.05, 0) is 103 Å². The van der Waals surface area contributed by atoms with Gasteiger partial charge in [-0.2, -0.15) is 0 Å². The Balaban J connectivity index is 1.89. The first-order valence-corrected chi connectivity index (χ1v) is 11.1. The second kappa shape index (κ2) is 12.4. The molecule has 1 heterocycles. The molecule has 0 aromatic heterocycles. The fourth-order valence-corrected chi connectivity index (χ4v) is 3.55. The summed E-state index contributed by atoms with van der Waals surface area (Å²) in [5.74, 6) is 0.883. The highest BCUT2D eigenvalue weighted by molar-refractivity contribution is 4.73. The van der Waals surface area contributed by atoms with Crippen LogP contribution in [-0.4, -0.2) is 50.0 Å². The van der Waals surface area contributed by atoms with Gasteiger partial charge in [-0.25, -0.2) is 0 Å². The van der Waals surface area contributed by atoms with E-state index in [2.05, 4.69) is 46.4 Å². The van der Waals surface area contributed by atoms with Gasteiger partial charge < -0.3 is 14.4 Å². The zero-order valence-electron chi connectivity index (χ0n) is 18.7. The maximum Gasteiger partial charge on any atom is 0.0598 e. The van der Waals surface area contributed by atoms with E-state index in [1.165, 1.54) is 64.6 Å². The van der Waals surface area contributed by atoms with E-state index in [0.717, 1.165) is 32.2 Å². The molecule has 0 aromatic carbocycles. The van der Waals surface area contributed by atoms with Crippen LogP contribution in [-0.2, 0) is 9.47 Å². The number of likely N-dealkylation sites (tertiary alicyclic amines) is 1. The zero-order chi connectivity index (χ0) is 19.5. The summed E-state index contributed by atoms with van der Waals surface area (Å²) in [6, 6.07) is 0. The molecule has 0 radical (unpaired) electrons. The lowest BCUT2D eigenvalue weighted by atomic mass is 9.90. The molecule has 0 unspecified atom stereocenters. The van der Waals surface area contributed by atoms with E-state index in [-0.39, 0.29) is 5.60 Å². The summed E-state index contributed by atoms with van der Waals surface area (Å²) in [6.45, 7) is 20.0. The number of hydrogen-bond acceptors (Lipinski definition) is 3. The number of unbranched alkanes of at least 4 members (excludes halogenated alkanes) is 2. The Hall–Kier alpha value is -0.120. The minimum Gasteiger partial charge on any atom is -0.381 e. The summed E-state index contributed by atoms with van der Waals surface area (Å²) in [5.41, 5.74) is 0.480. The molecule has 0 aromatic rings. The Morgan fingerprint density at radius 3 is 2.08 bits per heavy atom. The van der Waals surface area contributed by atoms with Crippen molar-refractivity contribution >= 4 is 0 Å². The Morgan fingerprint density at radius 2 is 1.46 bits per heavy atom. The molecule has 26 heavy (non-hydrogen) atoms. The molecule has 0 N–H and O–H groups in total. The molecule has 1 fully saturated rings. The molecule has 3 heteroatoms. The van der Waals surface area contributed by atoms with Crippen molar-refractivity contribution in [1.29, 1.82) is 0 Å². The van der Waals surface area contributed by atoms with Crippen molar-refractivity contribution in [1.82, 2.24) is 4.90 Å². The zero-order valence-corrected chi connectivity index (χ0v) is 18.7. The van der Waals surface area contributed by atoms with Crippen molar-refractivity contribution in [3.8, 4) is 0 Å². The van der Waals surface area contributed by atoms with Crippen LogP contribution in [0.5, 0.6) is 0 Å². The maximum atomic E-state index is 5.86. The number of hydrogen-bond donors (Lipinski definition) is 0. The molecule has 3 nitrogen and oxygen atoms in total. The lowest BCUT2D eigenvalue weighted by Crippen LogP contribution is -2.35. The van der Waals surface area contributed by atoms with Crippen LogP contribution in [0.3, 0.4) is 0 Å². The van der Waals surface area contributed by atoms with Crippen molar-refractivity contribution in [2.75, 3.05) is 39.5 Å². The van der Waals surface area contributed by atoms with Crippen LogP contribution in [0.2, 0.25) is 0 Å². The van der Waals surface area contributed by atoms with Crippen LogP contribution >= 0.6 is 0 Å². The molecule has 156 valence electrons. The standard InChI is InChI=1S/C23H47NO2/c1-22(2,3)14-10-15-24-16-11-21(12-17-24)13-20-25-18-8-7-9-19-26-23(4,5)6/h21H,7-20H2,1-6H3. The van der Waals surface area contributed by atoms with Gasteiger partial charge in [-0.15, -0.1) is 0 Å². The van der Waals surface area contributed by atoms with E-state index < -0.39 is 0 Å². The molecule has 1 rings (SSSR count). The van der Waals surface area contributed by atoms with Gasteiger partial charge in [0.05, 0.1) is 5.60 Å². The van der Waals surface area contributed by atoms with Crippen molar-refractivity contribution in [2.45, 2.75) is 98.5 Å². The first-order chi connectivity index (χ1) is 12.2. The Labute approximate surface area is 164 Å². The average molecular weight is 370 g/mol. The van der Waals surface area contributed by atoms with Gasteiger partial charge in [0.15, 0.2) is 0 Å². The molecule has 0 bridgehead atoms. The van der Waals surface area contributed by atoms with Gasteiger partial charge in [0.2, 0.25) is 0 Å². The smallest absolute Gasteiger partial charge is 0.0598 e. The minimum atomic E-state index is -0.00132. The van der Waals surface area contributed by atoms with Gasteiger partial charge >= 0.3 is 0 Å². The fourth-order valence-electron chi connectivity index (χ4n) is 3.55. The number of rotatable bonds is 12. The molecule has 1 aliphatic heterocycles. The highest BCUT2D eigenvalue weighted by atomic mass is 16.5. The van der Waals surface area contributed by atoms with Crippen LogP contribution in [0.15, 0.2) is 0 Å². The third-order valence-electron chi connectivity index (χ3n) is 5.25. The van der Waals surface area contributed by atoms with Crippen LogP contribution in [0, 0.1) is 11.3 Å². The SMILES string of the molecule is CC(C)(C)CCCN1CCC(CCOCCCCCOC(C)(C)C)CC1. The van der Waals surface area contributed by atoms with Crippen LogP contribution in [0.25, 0.3) is 0 Å². The first-order valence-electron chi connectivity index (χ1n) is 11.1. The summed E-state index contributed by atoms with van der Waals surface area (Å²) < 4.78 is 11.6. The van der Waals surface area contributed by atoms with Gasteiger partial charge in [-0.1, -0.05) is 20.8 Å². The molecular weight excluding hydrogens is 322 g/mol. The summed E-state index contributed by atoms with van der Waals surface area (Å²) >= 11 is 0. The summed E-state index contributed by atoms with van der Waals surface area (Å²) in [7, 11) is 0. The number of ether oxygens (including phenoxy) is 2. The molecule has 0 amide bonds. The maximum absolute atomic E-state index is 5.86. The monoisotopic (exact) mass is 369 g/mol. The van der Waals surface area contributed by atoms with Gasteiger partial charge in [0.1, 0.15) is 0 Å². The normalized spacial score (nSPS) is 17.8. The van der Waals surface area contributed by atoms with Gasteiger partial charge in [0.25, 0.3) is 0 Å². The summed E-state index contributed by atoms with van der Waals surface area (Å²) in [5, 5.41) is 0. The Kier molecular flexibility index (Phi) is 11.4. The van der Waals surface area contributed by atoms with Crippen molar-refractivity contribution in [2.24, 2.45) is 11.3 Å². The van der Waals surface area contributed by atoms with Crippen molar-refractivity contribution in [3.05, 3.63) is 0 Å². The Bertz CT molecular complexity index is 335. The molecule has 1 saturated heterocycles. The number of piperidine rings is 1. The van der Waals surface area contributed by atoms with Crippen molar-refractivity contribution < 1.29 is 9.47 Å². The summed E-state index contributed by atoms with van der Waals surface area (Å²) in [6.07, 6.45) is 10.2. The topological polar surface area (TPSA) is 21.7 Å². The van der Waals surface area contributed by atoms with E-state index >= 15 is 0 Å². The fraction of sp³-hybridized carbons (Fsp3) is 1.00. The second-order valence-electron chi connectivity index (χ2n) is 10.4. The molecule has 0 aliphatic carbocycles. The lowest BCUT2D eigenvalue weighted by molar-refractivity contribution is -0.00542. The van der Waals surface area contributed by atoms with E-state index in [4.69, 9.17) is 9.47 Å². The van der Waals surface area contributed by atoms with E-state index in [9.17, 15) is 0 Å². The molecule has 0 atom stereocenters. The van der Waals surface area contributed by atoms with Gasteiger partial charge in [-0.3, -0.25) is 0 Å². The average Bonchev–Trinajstić information content (AvgIpc) is 2.52. The van der Waals surface area contributed by atoms with E-state index in [1.54, 1.807) is 0 Å². The van der Waals surface area contributed by atoms with Crippen molar-refractivity contribution in [3.63, 3.8) is 0 Å². The van der Waals surface area contributed by atoms with Gasteiger partial charge in [0, 0.05) is 19.8 Å². The van der Waals surface area contributed by atoms with Crippen LogP contribution < -0.4 is 0 Å². The number of nitrogens with zero attached hydrogens (tertiary/aromatic N) is 1. The quantitative estimate of drug-likeness (QED) is 0.399. The third kappa shape index (κ3) is 14.0. The largest absolute Gasteiger partial charge is 0.381 e. The molecule has 0 spiro atoms. The predicted molar refractivity (Wildman–Crippen MR) is 113 cm³/mol. The van der Waals surface area contributed by atoms with Crippen LogP contribution in [0.4, 0.5) is 0 Å². The minimum absolute atomic E-state index is 0.00132. The lowest BCUT2D eigenvalue weighted by Gasteiger charge is -2.32. The first kappa shape index (κ1) is 23.9. The molecule has 0 saturated carbocycles. The molecule has 1 aliphatic rings. The highest BCUT2D eigenvalue weighted by Crippen LogP contribution is 2.23. The summed E-state index contributed by atoms with van der Waals surface area (Å²) in [4.78, 5) is 2.67. The third-order valence-corrected chi connectivity index (χ3v) is 5.25. The predicted octanol–water partition coefficient (Wildman–Crippen LogP) is 5.92. The highest BCUT2D eigenvalue weighted by Gasteiger charge is 2.19. The van der Waals surface area contributed by atoms with E-state index in [1.807, 2.05) is 0 Å². The van der Waals surface area contributed by atoms with Crippen LogP contribution in [0.1, 0.15) is 92.9 Å². The second-order valence-corrected chi connectivity index (χ2v) is 10.4. The molecular formula is C23H47NO2.